The number of hydrogen-bond donors (Lipinski definition) is 1. The molecular weight excluding hydrogens is 606 g/mol. The molecule has 1 aliphatic rings. The van der Waals surface area contributed by atoms with E-state index in [-0.39, 0.29) is 29.1 Å². The summed E-state index contributed by atoms with van der Waals surface area (Å²) in [5.74, 6) is 0.535. The minimum atomic E-state index is -4.28. The Bertz CT molecular complexity index is 1570. The SMILES string of the molecule is CC[C@H](C(=O)NC1CCCCC1)N(Cc1ccc(OC)cc1)C(=O)CN(c1ccc(C)cc1)S(=O)(=O)c1ccc(OC)c(OC)c1. The highest BCUT2D eigenvalue weighted by Crippen LogP contribution is 2.32. The maximum absolute atomic E-state index is 14.4. The predicted octanol–water partition coefficient (Wildman–Crippen LogP) is 5.47. The van der Waals surface area contributed by atoms with Crippen molar-refractivity contribution in [3.05, 3.63) is 77.9 Å². The molecule has 0 heterocycles. The summed E-state index contributed by atoms with van der Waals surface area (Å²) in [6.07, 6.45) is 5.41. The van der Waals surface area contributed by atoms with Crippen LogP contribution in [-0.2, 0) is 26.2 Å². The fraction of sp³-hybridized carbons (Fsp3) is 0.429. The molecule has 0 spiro atoms. The van der Waals surface area contributed by atoms with Crippen LogP contribution in [-0.4, -0.2) is 65.1 Å². The van der Waals surface area contributed by atoms with Crippen LogP contribution in [0.25, 0.3) is 0 Å². The molecule has 10 nitrogen and oxygen atoms in total. The Labute approximate surface area is 272 Å². The second-order valence-corrected chi connectivity index (χ2v) is 13.4. The van der Waals surface area contributed by atoms with Crippen LogP contribution in [0.5, 0.6) is 17.2 Å². The average Bonchev–Trinajstić information content (AvgIpc) is 3.07. The molecule has 1 aliphatic carbocycles. The van der Waals surface area contributed by atoms with Crippen LogP contribution in [0.4, 0.5) is 5.69 Å². The number of methoxy groups -OCH3 is 3. The molecule has 2 amide bonds. The molecule has 0 radical (unpaired) electrons. The van der Waals surface area contributed by atoms with E-state index in [4.69, 9.17) is 14.2 Å². The standard InChI is InChI=1S/C35H45N3O7S/c1-6-31(35(40)36-27-10-8-7-9-11-27)37(23-26-14-18-29(43-3)19-15-26)34(39)24-38(28-16-12-25(2)13-17-28)46(41,42)30-20-21-32(44-4)33(22-30)45-5/h12-22,27,31H,6-11,23-24H2,1-5H3,(H,36,40)/t31-/m1/s1. The van der Waals surface area contributed by atoms with Crippen molar-refractivity contribution in [1.29, 1.82) is 0 Å². The topological polar surface area (TPSA) is 114 Å². The molecule has 0 aliphatic heterocycles. The number of carbonyl (C=O) groups excluding carboxylic acids is 2. The van der Waals surface area contributed by atoms with Gasteiger partial charge in [-0.1, -0.05) is 56.0 Å². The molecule has 4 rings (SSSR count). The highest BCUT2D eigenvalue weighted by Gasteiger charge is 2.35. The van der Waals surface area contributed by atoms with Gasteiger partial charge in [0.2, 0.25) is 11.8 Å². The fourth-order valence-corrected chi connectivity index (χ4v) is 7.17. The lowest BCUT2D eigenvalue weighted by Gasteiger charge is -2.34. The zero-order valence-corrected chi connectivity index (χ0v) is 28.1. The van der Waals surface area contributed by atoms with Crippen molar-refractivity contribution in [2.45, 2.75) is 75.9 Å². The third kappa shape index (κ3) is 8.31. The van der Waals surface area contributed by atoms with Gasteiger partial charge in [0.05, 0.1) is 31.9 Å². The molecule has 1 atom stereocenters. The van der Waals surface area contributed by atoms with E-state index in [1.165, 1.54) is 37.3 Å². The third-order valence-electron chi connectivity index (χ3n) is 8.39. The number of nitrogens with zero attached hydrogens (tertiary/aromatic N) is 2. The predicted molar refractivity (Wildman–Crippen MR) is 178 cm³/mol. The molecule has 0 bridgehead atoms. The molecule has 1 N–H and O–H groups in total. The maximum atomic E-state index is 14.4. The Balaban J connectivity index is 1.73. The van der Waals surface area contributed by atoms with Gasteiger partial charge in [-0.25, -0.2) is 8.42 Å². The molecule has 1 saturated carbocycles. The number of amides is 2. The number of aryl methyl sites for hydroxylation is 1. The van der Waals surface area contributed by atoms with Crippen LogP contribution < -0.4 is 23.8 Å². The zero-order chi connectivity index (χ0) is 33.3. The van der Waals surface area contributed by atoms with Gasteiger partial charge in [-0.2, -0.15) is 0 Å². The first kappa shape index (κ1) is 34.6. The number of carbonyl (C=O) groups is 2. The van der Waals surface area contributed by atoms with E-state index in [1.807, 2.05) is 26.0 Å². The van der Waals surface area contributed by atoms with Gasteiger partial charge in [-0.3, -0.25) is 13.9 Å². The van der Waals surface area contributed by atoms with E-state index in [0.717, 1.165) is 47.5 Å². The molecule has 3 aromatic rings. The summed E-state index contributed by atoms with van der Waals surface area (Å²) in [5, 5.41) is 3.17. The Morgan fingerprint density at radius 2 is 1.52 bits per heavy atom. The minimum absolute atomic E-state index is 0.0581. The molecule has 3 aromatic carbocycles. The number of sulfonamides is 1. The van der Waals surface area contributed by atoms with Crippen molar-refractivity contribution in [2.75, 3.05) is 32.2 Å². The van der Waals surface area contributed by atoms with Crippen LogP contribution in [0.1, 0.15) is 56.6 Å². The first-order valence-corrected chi connectivity index (χ1v) is 17.1. The molecule has 0 saturated heterocycles. The van der Waals surface area contributed by atoms with Crippen LogP contribution in [0.3, 0.4) is 0 Å². The van der Waals surface area contributed by atoms with E-state index < -0.39 is 28.5 Å². The van der Waals surface area contributed by atoms with Crippen LogP contribution >= 0.6 is 0 Å². The number of rotatable bonds is 14. The van der Waals surface area contributed by atoms with Crippen molar-refractivity contribution < 1.29 is 32.2 Å². The highest BCUT2D eigenvalue weighted by atomic mass is 32.2. The van der Waals surface area contributed by atoms with Gasteiger partial charge in [0.15, 0.2) is 11.5 Å². The van der Waals surface area contributed by atoms with Gasteiger partial charge in [0.1, 0.15) is 18.3 Å². The monoisotopic (exact) mass is 651 g/mol. The summed E-state index contributed by atoms with van der Waals surface area (Å²) in [5.41, 5.74) is 2.03. The molecule has 1 fully saturated rings. The van der Waals surface area contributed by atoms with Gasteiger partial charge in [0, 0.05) is 18.7 Å². The van der Waals surface area contributed by atoms with Crippen molar-refractivity contribution >= 4 is 27.5 Å². The molecule has 46 heavy (non-hydrogen) atoms. The largest absolute Gasteiger partial charge is 0.497 e. The van der Waals surface area contributed by atoms with Crippen LogP contribution in [0.15, 0.2) is 71.6 Å². The normalized spacial score (nSPS) is 14.2. The number of benzene rings is 3. The van der Waals surface area contributed by atoms with Gasteiger partial charge in [0.25, 0.3) is 10.0 Å². The van der Waals surface area contributed by atoms with Gasteiger partial charge in [-0.05, 0) is 68.1 Å². The van der Waals surface area contributed by atoms with E-state index in [1.54, 1.807) is 43.5 Å². The quantitative estimate of drug-likeness (QED) is 0.246. The lowest BCUT2D eigenvalue weighted by atomic mass is 9.95. The van der Waals surface area contributed by atoms with Crippen LogP contribution in [0, 0.1) is 6.92 Å². The van der Waals surface area contributed by atoms with Crippen molar-refractivity contribution in [1.82, 2.24) is 10.2 Å². The minimum Gasteiger partial charge on any atom is -0.497 e. The molecular formula is C35H45N3O7S. The molecule has 0 aromatic heterocycles. The number of hydrogen-bond acceptors (Lipinski definition) is 7. The fourth-order valence-electron chi connectivity index (χ4n) is 5.74. The Morgan fingerprint density at radius 3 is 2.11 bits per heavy atom. The summed E-state index contributed by atoms with van der Waals surface area (Å²) in [6.45, 7) is 3.34. The number of nitrogens with one attached hydrogen (secondary N) is 1. The summed E-state index contributed by atoms with van der Waals surface area (Å²) < 4.78 is 45.6. The molecule has 0 unspecified atom stereocenters. The third-order valence-corrected chi connectivity index (χ3v) is 10.2. The number of anilines is 1. The Hall–Kier alpha value is -4.25. The Kier molecular flexibility index (Phi) is 11.9. The van der Waals surface area contributed by atoms with Crippen molar-refractivity contribution in [3.8, 4) is 17.2 Å². The maximum Gasteiger partial charge on any atom is 0.264 e. The zero-order valence-electron chi connectivity index (χ0n) is 27.3. The number of ether oxygens (including phenoxy) is 3. The average molecular weight is 652 g/mol. The highest BCUT2D eigenvalue weighted by molar-refractivity contribution is 7.92. The van der Waals surface area contributed by atoms with Gasteiger partial charge >= 0.3 is 0 Å². The Morgan fingerprint density at radius 1 is 0.870 bits per heavy atom. The van der Waals surface area contributed by atoms with Gasteiger partial charge in [-0.15, -0.1) is 0 Å². The van der Waals surface area contributed by atoms with Crippen LogP contribution in [0.2, 0.25) is 0 Å². The summed E-state index contributed by atoms with van der Waals surface area (Å²) in [7, 11) is 0.192. The summed E-state index contributed by atoms with van der Waals surface area (Å²) in [4.78, 5) is 29.6. The first-order valence-electron chi connectivity index (χ1n) is 15.7. The van der Waals surface area contributed by atoms with E-state index in [0.29, 0.717) is 23.6 Å². The summed E-state index contributed by atoms with van der Waals surface area (Å²) >= 11 is 0. The second kappa shape index (κ2) is 15.8. The van der Waals surface area contributed by atoms with E-state index in [9.17, 15) is 18.0 Å². The molecule has 11 heteroatoms. The van der Waals surface area contributed by atoms with E-state index in [2.05, 4.69) is 5.32 Å². The van der Waals surface area contributed by atoms with Crippen molar-refractivity contribution in [2.24, 2.45) is 0 Å². The van der Waals surface area contributed by atoms with Gasteiger partial charge < -0.3 is 24.4 Å². The lowest BCUT2D eigenvalue weighted by Crippen LogP contribution is -2.54. The summed E-state index contributed by atoms with van der Waals surface area (Å²) in [6, 6.07) is 17.7. The smallest absolute Gasteiger partial charge is 0.264 e. The first-order chi connectivity index (χ1) is 22.1. The lowest BCUT2D eigenvalue weighted by molar-refractivity contribution is -0.140. The second-order valence-electron chi connectivity index (χ2n) is 11.5. The van der Waals surface area contributed by atoms with Crippen molar-refractivity contribution in [3.63, 3.8) is 0 Å². The van der Waals surface area contributed by atoms with E-state index >= 15 is 0 Å². The molecule has 248 valence electrons.